The summed E-state index contributed by atoms with van der Waals surface area (Å²) in [4.78, 5) is 79.8. The number of aliphatic hydroxyl groups excluding tert-OH is 1. The highest BCUT2D eigenvalue weighted by Gasteiger charge is 2.42. The molecule has 0 aliphatic rings. The molecule has 8 atom stereocenters. The van der Waals surface area contributed by atoms with E-state index in [0.29, 0.717) is 5.56 Å². The van der Waals surface area contributed by atoms with Crippen molar-refractivity contribution in [2.45, 2.75) is 122 Å². The maximum atomic E-state index is 12.7. The van der Waals surface area contributed by atoms with Crippen LogP contribution in [0.25, 0.3) is 0 Å². The number of amides is 3. The summed E-state index contributed by atoms with van der Waals surface area (Å²) in [6, 6.07) is 28.6. The number of carboxylic acids is 1. The van der Waals surface area contributed by atoms with Crippen molar-refractivity contribution >= 4 is 52.8 Å². The molecule has 0 spiro atoms. The Balaban J connectivity index is 0.00000109. The van der Waals surface area contributed by atoms with Crippen LogP contribution in [0.1, 0.15) is 92.1 Å². The van der Waals surface area contributed by atoms with Crippen molar-refractivity contribution in [1.82, 2.24) is 16.0 Å². The second-order valence-corrected chi connectivity index (χ2v) is 19.1. The lowest BCUT2D eigenvalue weighted by Gasteiger charge is -2.22. The molecule has 0 aliphatic heterocycles. The highest BCUT2D eigenvalue weighted by Crippen LogP contribution is 2.32. The molecule has 0 aromatic heterocycles. The number of carbonyl (C=O) groups excluding carboxylic acids is 6. The average Bonchev–Trinajstić information content (AvgIpc) is 3.68. The molecule has 17 nitrogen and oxygen atoms in total. The predicted octanol–water partition coefficient (Wildman–Crippen LogP) is 11.9. The van der Waals surface area contributed by atoms with Gasteiger partial charge in [0.05, 0.1) is 44.0 Å². The van der Waals surface area contributed by atoms with Crippen molar-refractivity contribution < 1.29 is 115 Å². The maximum absolute atomic E-state index is 12.7. The van der Waals surface area contributed by atoms with Gasteiger partial charge in [0.1, 0.15) is 31.3 Å². The molecular weight excluding hydrogens is 1210 g/mol. The summed E-state index contributed by atoms with van der Waals surface area (Å²) in [6.45, 7) is 5.16. The van der Waals surface area contributed by atoms with Crippen LogP contribution in [-0.4, -0.2) is 121 Å². The number of nitrogens with two attached hydrogens (primary N) is 1. The summed E-state index contributed by atoms with van der Waals surface area (Å²) in [5.74, 6) is -11.4. The second-order valence-electron chi connectivity index (χ2n) is 18.8. The third kappa shape index (κ3) is 35.5. The van der Waals surface area contributed by atoms with Crippen LogP contribution in [0.4, 0.5) is 62.3 Å². The van der Waals surface area contributed by atoms with Crippen molar-refractivity contribution in [2.24, 2.45) is 29.4 Å². The smallest absolute Gasteiger partial charge is 0.408 e. The van der Waals surface area contributed by atoms with Gasteiger partial charge in [-0.2, -0.15) is 52.7 Å². The number of benzene rings is 4. The highest BCUT2D eigenvalue weighted by molar-refractivity contribution is 6.61. The van der Waals surface area contributed by atoms with Crippen LogP contribution >= 0.6 is 11.6 Å². The van der Waals surface area contributed by atoms with E-state index in [1.807, 2.05) is 30.3 Å². The number of carbonyl (C=O) groups is 7. The molecule has 0 bridgehead atoms. The van der Waals surface area contributed by atoms with Crippen molar-refractivity contribution in [3.63, 3.8) is 0 Å². The van der Waals surface area contributed by atoms with Crippen molar-refractivity contribution in [3.05, 3.63) is 144 Å². The molecule has 0 fully saturated rings. The lowest BCUT2D eigenvalue weighted by molar-refractivity contribution is -0.176. The Kier molecular flexibility index (Phi) is 36.4. The number of alkyl carbamates (subject to hydrolysis) is 1. The van der Waals surface area contributed by atoms with Gasteiger partial charge in [0.2, 0.25) is 0 Å². The number of nitrogens with one attached hydrogen (secondary N) is 3. The molecule has 7 N–H and O–H groups in total. The quantitative estimate of drug-likeness (QED) is 0.0185. The summed E-state index contributed by atoms with van der Waals surface area (Å²) in [6.07, 6.45) is -20.7. The molecule has 0 saturated heterocycles. The fourth-order valence-electron chi connectivity index (χ4n) is 6.44. The zero-order valence-electron chi connectivity index (χ0n) is 47.7. The van der Waals surface area contributed by atoms with Gasteiger partial charge in [-0.1, -0.05) is 125 Å². The minimum absolute atomic E-state index is 0.0247. The number of rotatable bonds is 22. The van der Waals surface area contributed by atoms with E-state index < -0.39 is 140 Å². The van der Waals surface area contributed by atoms with Crippen molar-refractivity contribution in [3.8, 4) is 0 Å². The van der Waals surface area contributed by atoms with Crippen LogP contribution in [-0.2, 0) is 46.5 Å². The van der Waals surface area contributed by atoms with Crippen LogP contribution < -0.4 is 21.7 Å². The van der Waals surface area contributed by atoms with Gasteiger partial charge in [-0.05, 0) is 68.0 Å². The molecule has 0 radical (unpaired) electrons. The number of ether oxygens (including phenoxy) is 4. The summed E-state index contributed by atoms with van der Waals surface area (Å²) in [5, 5.41) is 23.8. The minimum Gasteiger partial charge on any atom is -0.480 e. The molecule has 4 unspecified atom stereocenters. The Morgan fingerprint density at radius 2 is 0.816 bits per heavy atom. The Labute approximate surface area is 498 Å². The predicted molar refractivity (Wildman–Crippen MR) is 292 cm³/mol. The first-order valence-electron chi connectivity index (χ1n) is 26.0. The molecule has 4 aromatic carbocycles. The first-order chi connectivity index (χ1) is 40.4. The van der Waals surface area contributed by atoms with Gasteiger partial charge in [0.15, 0.2) is 0 Å². The number of alkyl halides is 12. The van der Waals surface area contributed by atoms with E-state index in [1.165, 1.54) is 24.3 Å². The third-order valence-corrected chi connectivity index (χ3v) is 11.7. The van der Waals surface area contributed by atoms with E-state index >= 15 is 0 Å². The van der Waals surface area contributed by atoms with Crippen LogP contribution in [0.5, 0.6) is 0 Å². The number of hydrogen-bond acceptors (Lipinski definition) is 13. The van der Waals surface area contributed by atoms with E-state index in [9.17, 15) is 86.2 Å². The molecule has 4 aromatic rings. The maximum Gasteiger partial charge on any atom is 0.408 e. The van der Waals surface area contributed by atoms with Crippen LogP contribution in [0.15, 0.2) is 121 Å². The second kappa shape index (κ2) is 39.9. The van der Waals surface area contributed by atoms with Gasteiger partial charge in [0.25, 0.3) is 11.8 Å². The number of carboxylic acid groups (broad SMARTS) is 1. The van der Waals surface area contributed by atoms with Gasteiger partial charge in [-0.25, -0.2) is 24.0 Å². The van der Waals surface area contributed by atoms with Crippen molar-refractivity contribution in [2.75, 3.05) is 20.3 Å². The minimum atomic E-state index is -4.49. The molecule has 30 heteroatoms. The van der Waals surface area contributed by atoms with Gasteiger partial charge in [0, 0.05) is 28.8 Å². The van der Waals surface area contributed by atoms with E-state index in [1.54, 1.807) is 73.7 Å². The first kappa shape index (κ1) is 79.3. The zero-order chi connectivity index (χ0) is 66.7. The largest absolute Gasteiger partial charge is 0.480 e. The monoisotopic (exact) mass is 1280 g/mol. The van der Waals surface area contributed by atoms with E-state index in [-0.39, 0.29) is 37.4 Å². The summed E-state index contributed by atoms with van der Waals surface area (Å²) < 4.78 is 167. The normalized spacial score (nSPS) is 13.9. The average molecular weight is 1280 g/mol. The molecular formula is C57H69ClF12N4O13. The lowest BCUT2D eigenvalue weighted by Crippen LogP contribution is -2.44. The van der Waals surface area contributed by atoms with Gasteiger partial charge in [-0.15, -0.1) is 0 Å². The Bertz CT molecular complexity index is 2650. The number of aliphatic hydroxyl groups is 1. The SMILES string of the molecule is CC(CC(NC(=O)c1ccccc1)C(=O)O)C(F)(F)F.CCOC(=O)C(CC(C)C(F)(F)F)NC(=O)c1ccccc1.COC(=O)[C@H](C[C@H](C)C(F)(F)F)NC(=O)OCc1ccccc1.C[C@@H](C[C@H](N)CO)C(F)(F)F.O=C(Cl)OCc1ccccc1. The molecule has 87 heavy (non-hydrogen) atoms. The van der Waals surface area contributed by atoms with E-state index in [4.69, 9.17) is 37.0 Å². The molecule has 4 rings (SSSR count). The van der Waals surface area contributed by atoms with Crippen LogP contribution in [0.3, 0.4) is 0 Å². The number of methoxy groups -OCH3 is 1. The van der Waals surface area contributed by atoms with E-state index in [2.05, 4.69) is 25.4 Å². The highest BCUT2D eigenvalue weighted by atomic mass is 35.5. The fraction of sp³-hybridized carbons (Fsp3) is 0.456. The van der Waals surface area contributed by atoms with Crippen molar-refractivity contribution in [1.29, 1.82) is 0 Å². The molecule has 0 saturated carbocycles. The third-order valence-electron chi connectivity index (χ3n) is 11.6. The van der Waals surface area contributed by atoms with Gasteiger partial charge >= 0.3 is 54.1 Å². The molecule has 486 valence electrons. The van der Waals surface area contributed by atoms with Crippen LogP contribution in [0, 0.1) is 23.7 Å². The van der Waals surface area contributed by atoms with Gasteiger partial charge in [-0.3, -0.25) is 9.59 Å². The zero-order valence-corrected chi connectivity index (χ0v) is 48.5. The number of esters is 2. The fourth-order valence-corrected chi connectivity index (χ4v) is 6.50. The Morgan fingerprint density at radius 3 is 1.14 bits per heavy atom. The van der Waals surface area contributed by atoms with Crippen LogP contribution in [0.2, 0.25) is 0 Å². The lowest BCUT2D eigenvalue weighted by atomic mass is 10.0. The van der Waals surface area contributed by atoms with E-state index in [0.717, 1.165) is 40.4 Å². The molecule has 0 aliphatic carbocycles. The summed E-state index contributed by atoms with van der Waals surface area (Å²) >= 11 is 4.97. The number of hydrogen-bond donors (Lipinski definition) is 6. The number of aliphatic carboxylic acids is 1. The molecule has 3 amide bonds. The summed E-state index contributed by atoms with van der Waals surface area (Å²) in [5.41, 5.74) is 6.45. The first-order valence-corrected chi connectivity index (χ1v) is 26.4. The Morgan fingerprint density at radius 1 is 0.494 bits per heavy atom. The summed E-state index contributed by atoms with van der Waals surface area (Å²) in [7, 11) is 1.03. The Hall–Kier alpha value is -7.66. The molecule has 0 heterocycles. The number of halogens is 13. The topological polar surface area (TPSA) is 259 Å². The standard InChI is InChI=1S/C15H18F3NO4.C15H18F3NO3.C13H14F3NO3.C8H7ClO2.C6H12F3NO/c1-10(15(16,17)18)8-12(13(20)22-2)19-14(21)23-9-11-6-4-3-5-7-11;1-3-22-14(21)12(9-10(2)15(16,17)18)19-13(20)11-7-5-4-6-8-11;1-8(13(14,15)16)7-10(12(19)20)17-11(18)9-5-3-2-4-6-9;9-8(10)11-6-7-4-2-1-3-5-7;1-4(6(7,8)9)2-5(10)3-11/h3-7,10,12H,8-9H2,1-2H3,(H,19,21);4-8,10,12H,3,9H2,1-2H3,(H,19,20);2-6,8,10H,7H2,1H3,(H,17,18)(H,19,20);1-5H,6H2;4-5,11H,2-3,10H2,1H3/t10-,12-;;;;4-,5-/m0...0/s1. The van der Waals surface area contributed by atoms with Gasteiger partial charge < -0.3 is 50.8 Å².